The molecule has 0 spiro atoms. The zero-order valence-electron chi connectivity index (χ0n) is 16.1. The van der Waals surface area contributed by atoms with Crippen LogP contribution in [0.25, 0.3) is 0 Å². The Balaban J connectivity index is 2.06. The van der Waals surface area contributed by atoms with Gasteiger partial charge in [0.2, 0.25) is 5.91 Å². The first-order valence-corrected chi connectivity index (χ1v) is 9.38. The average molecular weight is 376 g/mol. The molecule has 2 atom stereocenters. The minimum atomic E-state index is -0.882. The molecular formula is C20H28N2O5. The number of rotatable bonds is 7. The number of carbonyl (C=O) groups is 3. The highest BCUT2D eigenvalue weighted by Gasteiger charge is 2.33. The van der Waals surface area contributed by atoms with E-state index in [1.54, 1.807) is 29.2 Å². The van der Waals surface area contributed by atoms with Crippen LogP contribution < -0.4 is 10.1 Å². The van der Waals surface area contributed by atoms with E-state index in [-0.39, 0.29) is 24.3 Å². The number of piperidine rings is 1. The Morgan fingerprint density at radius 3 is 2.48 bits per heavy atom. The third-order valence-electron chi connectivity index (χ3n) is 4.73. The largest absolute Gasteiger partial charge is 0.494 e. The highest BCUT2D eigenvalue weighted by atomic mass is 16.5. The molecular weight excluding hydrogens is 348 g/mol. The van der Waals surface area contributed by atoms with Gasteiger partial charge in [-0.1, -0.05) is 13.8 Å². The van der Waals surface area contributed by atoms with Gasteiger partial charge in [0.25, 0.3) is 5.91 Å². The first kappa shape index (κ1) is 20.7. The summed E-state index contributed by atoms with van der Waals surface area (Å²) in [6.45, 7) is 6.86. The van der Waals surface area contributed by atoms with E-state index in [4.69, 9.17) is 4.74 Å². The lowest BCUT2D eigenvalue weighted by atomic mass is 9.95. The lowest BCUT2D eigenvalue weighted by Crippen LogP contribution is -2.54. The standard InChI is InChI=1S/C20H28N2O5/c1-4-27-16-9-7-14(8-10-16)18(23)21-17(13(2)3)19(24)22-11-5-6-15(12-22)20(25)26/h7-10,13,15,17H,4-6,11-12H2,1-3H3,(H,21,23)(H,25,26)/t15-,17?/m0/s1. The zero-order chi connectivity index (χ0) is 20.0. The molecule has 148 valence electrons. The van der Waals surface area contributed by atoms with Crippen molar-refractivity contribution in [3.8, 4) is 5.75 Å². The molecule has 1 fully saturated rings. The topological polar surface area (TPSA) is 95.9 Å². The number of likely N-dealkylation sites (tertiary alicyclic amines) is 1. The fraction of sp³-hybridized carbons (Fsp3) is 0.550. The van der Waals surface area contributed by atoms with Crippen LogP contribution in [-0.2, 0) is 9.59 Å². The first-order valence-electron chi connectivity index (χ1n) is 9.38. The van der Waals surface area contributed by atoms with Crippen molar-refractivity contribution in [2.75, 3.05) is 19.7 Å². The molecule has 27 heavy (non-hydrogen) atoms. The van der Waals surface area contributed by atoms with Crippen LogP contribution in [0.2, 0.25) is 0 Å². The van der Waals surface area contributed by atoms with Crippen molar-refractivity contribution in [2.24, 2.45) is 11.8 Å². The second-order valence-corrected chi connectivity index (χ2v) is 7.11. The molecule has 0 saturated carbocycles. The number of nitrogens with one attached hydrogen (secondary N) is 1. The number of hydrogen-bond acceptors (Lipinski definition) is 4. The summed E-state index contributed by atoms with van der Waals surface area (Å²) in [5.41, 5.74) is 0.443. The number of benzene rings is 1. The molecule has 0 radical (unpaired) electrons. The Morgan fingerprint density at radius 2 is 1.93 bits per heavy atom. The molecule has 0 bridgehead atoms. The Hall–Kier alpha value is -2.57. The van der Waals surface area contributed by atoms with Gasteiger partial charge >= 0.3 is 5.97 Å². The molecule has 1 saturated heterocycles. The quantitative estimate of drug-likeness (QED) is 0.760. The fourth-order valence-corrected chi connectivity index (χ4v) is 3.18. The Morgan fingerprint density at radius 1 is 1.26 bits per heavy atom. The summed E-state index contributed by atoms with van der Waals surface area (Å²) in [5.74, 6) is -1.43. The molecule has 1 unspecified atom stereocenters. The van der Waals surface area contributed by atoms with Crippen molar-refractivity contribution < 1.29 is 24.2 Å². The molecule has 1 aliphatic rings. The van der Waals surface area contributed by atoms with Crippen LogP contribution >= 0.6 is 0 Å². The number of carboxylic acids is 1. The summed E-state index contributed by atoms with van der Waals surface area (Å²) in [6, 6.07) is 6.04. The number of hydrogen-bond donors (Lipinski definition) is 2. The number of carbonyl (C=O) groups excluding carboxylic acids is 2. The summed E-state index contributed by atoms with van der Waals surface area (Å²) < 4.78 is 5.37. The van der Waals surface area contributed by atoms with Crippen molar-refractivity contribution in [3.63, 3.8) is 0 Å². The molecule has 0 aromatic heterocycles. The van der Waals surface area contributed by atoms with Crippen molar-refractivity contribution >= 4 is 17.8 Å². The minimum Gasteiger partial charge on any atom is -0.494 e. The Labute approximate surface area is 159 Å². The predicted octanol–water partition coefficient (Wildman–Crippen LogP) is 2.16. The van der Waals surface area contributed by atoms with E-state index >= 15 is 0 Å². The number of amides is 2. The molecule has 2 amide bonds. The van der Waals surface area contributed by atoms with Crippen LogP contribution in [0, 0.1) is 11.8 Å². The lowest BCUT2D eigenvalue weighted by molar-refractivity contribution is -0.146. The van der Waals surface area contributed by atoms with Crippen LogP contribution in [0.1, 0.15) is 44.0 Å². The van der Waals surface area contributed by atoms with Gasteiger partial charge < -0.3 is 20.1 Å². The van der Waals surface area contributed by atoms with Crippen LogP contribution in [-0.4, -0.2) is 53.5 Å². The van der Waals surface area contributed by atoms with Gasteiger partial charge in [-0.05, 0) is 49.9 Å². The highest BCUT2D eigenvalue weighted by Crippen LogP contribution is 2.19. The van der Waals surface area contributed by atoms with Gasteiger partial charge in [0, 0.05) is 18.7 Å². The summed E-state index contributed by atoms with van der Waals surface area (Å²) in [5, 5.41) is 12.0. The fourth-order valence-electron chi connectivity index (χ4n) is 3.18. The number of nitrogens with zero attached hydrogens (tertiary/aromatic N) is 1. The highest BCUT2D eigenvalue weighted by molar-refractivity contribution is 5.97. The Bertz CT molecular complexity index is 671. The number of aliphatic carboxylic acids is 1. The van der Waals surface area contributed by atoms with E-state index in [1.807, 2.05) is 20.8 Å². The smallest absolute Gasteiger partial charge is 0.308 e. The van der Waals surface area contributed by atoms with Crippen LogP contribution in [0.5, 0.6) is 5.75 Å². The predicted molar refractivity (Wildman–Crippen MR) is 101 cm³/mol. The molecule has 7 heteroatoms. The van der Waals surface area contributed by atoms with E-state index in [1.165, 1.54) is 0 Å². The van der Waals surface area contributed by atoms with E-state index in [2.05, 4.69) is 5.32 Å². The van der Waals surface area contributed by atoms with Crippen LogP contribution in [0.3, 0.4) is 0 Å². The van der Waals surface area contributed by atoms with E-state index in [9.17, 15) is 19.5 Å². The normalized spacial score (nSPS) is 18.1. The molecule has 2 rings (SSSR count). The van der Waals surface area contributed by atoms with E-state index < -0.39 is 17.9 Å². The summed E-state index contributed by atoms with van der Waals surface area (Å²) in [4.78, 5) is 38.3. The molecule has 7 nitrogen and oxygen atoms in total. The number of carboxylic acid groups (broad SMARTS) is 1. The second kappa shape index (κ2) is 9.39. The minimum absolute atomic E-state index is 0.116. The van der Waals surface area contributed by atoms with Crippen molar-refractivity contribution in [1.82, 2.24) is 10.2 Å². The SMILES string of the molecule is CCOc1ccc(C(=O)NC(C(=O)N2CCC[C@H](C(=O)O)C2)C(C)C)cc1. The van der Waals surface area contributed by atoms with Gasteiger partial charge in [-0.25, -0.2) is 0 Å². The second-order valence-electron chi connectivity index (χ2n) is 7.11. The van der Waals surface area contributed by atoms with Crippen LogP contribution in [0.15, 0.2) is 24.3 Å². The lowest BCUT2D eigenvalue weighted by Gasteiger charge is -2.34. The van der Waals surface area contributed by atoms with Crippen molar-refractivity contribution in [2.45, 2.75) is 39.7 Å². The van der Waals surface area contributed by atoms with Gasteiger partial charge in [-0.15, -0.1) is 0 Å². The van der Waals surface area contributed by atoms with E-state index in [0.29, 0.717) is 37.3 Å². The summed E-state index contributed by atoms with van der Waals surface area (Å²) in [7, 11) is 0. The average Bonchev–Trinajstić information content (AvgIpc) is 2.66. The van der Waals surface area contributed by atoms with Gasteiger partial charge in [-0.2, -0.15) is 0 Å². The van der Waals surface area contributed by atoms with Gasteiger partial charge in [0.15, 0.2) is 0 Å². The maximum absolute atomic E-state index is 12.9. The summed E-state index contributed by atoms with van der Waals surface area (Å²) in [6.07, 6.45) is 1.23. The van der Waals surface area contributed by atoms with Crippen molar-refractivity contribution in [1.29, 1.82) is 0 Å². The third kappa shape index (κ3) is 5.45. The molecule has 1 aromatic rings. The molecule has 1 aliphatic heterocycles. The molecule has 2 N–H and O–H groups in total. The zero-order valence-corrected chi connectivity index (χ0v) is 16.1. The maximum Gasteiger partial charge on any atom is 0.308 e. The molecule has 0 aliphatic carbocycles. The van der Waals surface area contributed by atoms with Gasteiger partial charge in [0.05, 0.1) is 12.5 Å². The molecule has 1 heterocycles. The number of ether oxygens (including phenoxy) is 1. The molecule has 1 aromatic carbocycles. The summed E-state index contributed by atoms with van der Waals surface area (Å²) >= 11 is 0. The van der Waals surface area contributed by atoms with E-state index in [0.717, 1.165) is 0 Å². The van der Waals surface area contributed by atoms with Gasteiger partial charge in [-0.3, -0.25) is 14.4 Å². The van der Waals surface area contributed by atoms with Gasteiger partial charge in [0.1, 0.15) is 11.8 Å². The van der Waals surface area contributed by atoms with Crippen LogP contribution in [0.4, 0.5) is 0 Å². The maximum atomic E-state index is 12.9. The third-order valence-corrected chi connectivity index (χ3v) is 4.73. The Kier molecular flexibility index (Phi) is 7.21. The van der Waals surface area contributed by atoms with Crippen molar-refractivity contribution in [3.05, 3.63) is 29.8 Å². The monoisotopic (exact) mass is 376 g/mol. The first-order chi connectivity index (χ1) is 12.8.